The summed E-state index contributed by atoms with van der Waals surface area (Å²) in [7, 11) is 0. The van der Waals surface area contributed by atoms with Gasteiger partial charge in [-0.15, -0.1) is 11.6 Å². The second-order valence-corrected chi connectivity index (χ2v) is 6.23. The zero-order valence-corrected chi connectivity index (χ0v) is 13.9. The number of benzene rings is 2. The predicted molar refractivity (Wildman–Crippen MR) is 88.2 cm³/mol. The Labute approximate surface area is 139 Å². The van der Waals surface area contributed by atoms with E-state index in [-0.39, 0.29) is 5.82 Å². The van der Waals surface area contributed by atoms with Crippen molar-refractivity contribution >= 4 is 50.2 Å². The lowest BCUT2D eigenvalue weighted by molar-refractivity contribution is 0.626. The van der Waals surface area contributed by atoms with Gasteiger partial charge in [-0.1, -0.05) is 27.5 Å². The molecule has 0 radical (unpaired) electrons. The SMILES string of the molecule is Fc1ccc(Cl)c(-n2c(CCCl)nc3cc(Br)ccc32)c1. The predicted octanol–water partition coefficient (Wildman–Crippen LogP) is 5.36. The normalized spacial score (nSPS) is 11.2. The third-order valence-corrected chi connectivity index (χ3v) is 4.16. The van der Waals surface area contributed by atoms with Crippen molar-refractivity contribution in [2.24, 2.45) is 0 Å². The Morgan fingerprint density at radius 2 is 2.00 bits per heavy atom. The van der Waals surface area contributed by atoms with Crippen LogP contribution in [0.5, 0.6) is 0 Å². The van der Waals surface area contributed by atoms with Gasteiger partial charge in [0.25, 0.3) is 0 Å². The number of imidazole rings is 1. The molecule has 3 rings (SSSR count). The molecule has 108 valence electrons. The molecule has 0 bridgehead atoms. The molecule has 21 heavy (non-hydrogen) atoms. The van der Waals surface area contributed by atoms with Crippen LogP contribution in [-0.4, -0.2) is 15.4 Å². The molecule has 0 aliphatic heterocycles. The van der Waals surface area contributed by atoms with Crippen LogP contribution in [0.4, 0.5) is 4.39 Å². The van der Waals surface area contributed by atoms with Gasteiger partial charge in [0.05, 0.1) is 21.7 Å². The molecule has 0 aliphatic carbocycles. The minimum atomic E-state index is -0.342. The van der Waals surface area contributed by atoms with Gasteiger partial charge in [0.1, 0.15) is 11.6 Å². The Bertz CT molecular complexity index is 817. The van der Waals surface area contributed by atoms with Crippen molar-refractivity contribution in [2.75, 3.05) is 5.88 Å². The van der Waals surface area contributed by atoms with Crippen LogP contribution < -0.4 is 0 Å². The second-order valence-electron chi connectivity index (χ2n) is 4.53. The van der Waals surface area contributed by atoms with E-state index in [1.165, 1.54) is 12.1 Å². The largest absolute Gasteiger partial charge is 0.295 e. The average Bonchev–Trinajstić information content (AvgIpc) is 2.79. The van der Waals surface area contributed by atoms with Gasteiger partial charge in [-0.2, -0.15) is 0 Å². The molecule has 2 nitrogen and oxygen atoms in total. The zero-order chi connectivity index (χ0) is 15.0. The maximum absolute atomic E-state index is 13.6. The van der Waals surface area contributed by atoms with Crippen LogP contribution in [0.15, 0.2) is 40.9 Å². The number of aromatic nitrogens is 2. The summed E-state index contributed by atoms with van der Waals surface area (Å²) in [5, 5.41) is 0.467. The van der Waals surface area contributed by atoms with Gasteiger partial charge in [0.2, 0.25) is 0 Å². The molecular weight excluding hydrogens is 378 g/mol. The lowest BCUT2D eigenvalue weighted by atomic mass is 10.2. The van der Waals surface area contributed by atoms with Crippen molar-refractivity contribution in [3.63, 3.8) is 0 Å². The van der Waals surface area contributed by atoms with Crippen molar-refractivity contribution in [3.05, 3.63) is 57.5 Å². The maximum atomic E-state index is 13.6. The van der Waals surface area contributed by atoms with Crippen LogP contribution in [0, 0.1) is 5.82 Å². The van der Waals surface area contributed by atoms with Crippen molar-refractivity contribution in [1.29, 1.82) is 0 Å². The second kappa shape index (κ2) is 5.95. The van der Waals surface area contributed by atoms with E-state index in [1.54, 1.807) is 6.07 Å². The first-order valence-electron chi connectivity index (χ1n) is 6.28. The number of fused-ring (bicyclic) bond motifs is 1. The summed E-state index contributed by atoms with van der Waals surface area (Å²) in [5.74, 6) is 0.841. The average molecular weight is 388 g/mol. The van der Waals surface area contributed by atoms with Gasteiger partial charge in [-0.3, -0.25) is 4.57 Å². The van der Waals surface area contributed by atoms with E-state index in [1.807, 2.05) is 22.8 Å². The molecule has 0 saturated carbocycles. The lowest BCUT2D eigenvalue weighted by Gasteiger charge is -2.10. The molecule has 0 N–H and O–H groups in total. The standard InChI is InChI=1S/C15H10BrCl2FN2/c16-9-1-4-13-12(7-9)20-15(5-6-17)21(13)14-8-10(19)2-3-11(14)18/h1-4,7-8H,5-6H2. The molecule has 0 saturated heterocycles. The molecule has 0 spiro atoms. The van der Waals surface area contributed by atoms with Crippen LogP contribution in [0.3, 0.4) is 0 Å². The topological polar surface area (TPSA) is 17.8 Å². The Balaban J connectivity index is 2.33. The van der Waals surface area contributed by atoms with Gasteiger partial charge in [0, 0.05) is 16.8 Å². The molecule has 0 aliphatic rings. The Kier molecular flexibility index (Phi) is 4.20. The number of halogens is 4. The first-order valence-corrected chi connectivity index (χ1v) is 7.99. The van der Waals surface area contributed by atoms with Crippen molar-refractivity contribution in [3.8, 4) is 5.69 Å². The fourth-order valence-corrected chi connectivity index (χ4v) is 3.00. The molecular formula is C15H10BrCl2FN2. The highest BCUT2D eigenvalue weighted by molar-refractivity contribution is 9.10. The van der Waals surface area contributed by atoms with Gasteiger partial charge in [-0.25, -0.2) is 9.37 Å². The molecule has 0 atom stereocenters. The minimum absolute atomic E-state index is 0.342. The molecule has 0 unspecified atom stereocenters. The molecule has 0 fully saturated rings. The maximum Gasteiger partial charge on any atom is 0.125 e. The van der Waals surface area contributed by atoms with E-state index in [0.717, 1.165) is 21.3 Å². The highest BCUT2D eigenvalue weighted by atomic mass is 79.9. The summed E-state index contributed by atoms with van der Waals surface area (Å²) in [4.78, 5) is 4.58. The molecule has 6 heteroatoms. The minimum Gasteiger partial charge on any atom is -0.295 e. The van der Waals surface area contributed by atoms with Crippen LogP contribution in [0.25, 0.3) is 16.7 Å². The molecule has 0 amide bonds. The van der Waals surface area contributed by atoms with Crippen molar-refractivity contribution in [2.45, 2.75) is 6.42 Å². The highest BCUT2D eigenvalue weighted by Gasteiger charge is 2.15. The van der Waals surface area contributed by atoms with Gasteiger partial charge >= 0.3 is 0 Å². The van der Waals surface area contributed by atoms with Crippen LogP contribution in [0.1, 0.15) is 5.82 Å². The van der Waals surface area contributed by atoms with E-state index >= 15 is 0 Å². The van der Waals surface area contributed by atoms with Crippen LogP contribution in [0.2, 0.25) is 5.02 Å². The summed E-state index contributed by atoms with van der Waals surface area (Å²) in [6.07, 6.45) is 0.570. The van der Waals surface area contributed by atoms with E-state index in [4.69, 9.17) is 23.2 Å². The Morgan fingerprint density at radius 3 is 2.76 bits per heavy atom. The van der Waals surface area contributed by atoms with Crippen LogP contribution in [-0.2, 0) is 6.42 Å². The number of hydrogen-bond donors (Lipinski definition) is 0. The quantitative estimate of drug-likeness (QED) is 0.553. The van der Waals surface area contributed by atoms with E-state index < -0.39 is 0 Å². The third kappa shape index (κ3) is 2.80. The third-order valence-electron chi connectivity index (χ3n) is 3.15. The first kappa shape index (κ1) is 14.8. The summed E-state index contributed by atoms with van der Waals surface area (Å²) in [6, 6.07) is 10.0. The van der Waals surface area contributed by atoms with Crippen molar-refractivity contribution in [1.82, 2.24) is 9.55 Å². The Morgan fingerprint density at radius 1 is 1.19 bits per heavy atom. The lowest BCUT2D eigenvalue weighted by Crippen LogP contribution is -2.03. The number of alkyl halides is 1. The highest BCUT2D eigenvalue weighted by Crippen LogP contribution is 2.29. The van der Waals surface area contributed by atoms with Crippen LogP contribution >= 0.6 is 39.1 Å². The number of nitrogens with zero attached hydrogens (tertiary/aromatic N) is 2. The smallest absolute Gasteiger partial charge is 0.125 e. The van der Waals surface area contributed by atoms with Gasteiger partial charge in [-0.05, 0) is 36.4 Å². The number of rotatable bonds is 3. The fraction of sp³-hybridized carbons (Fsp3) is 0.133. The summed E-state index contributed by atoms with van der Waals surface area (Å²) in [6.45, 7) is 0. The summed E-state index contributed by atoms with van der Waals surface area (Å²) >= 11 is 15.5. The van der Waals surface area contributed by atoms with Crippen molar-refractivity contribution < 1.29 is 4.39 Å². The number of aryl methyl sites for hydroxylation is 1. The van der Waals surface area contributed by atoms with Gasteiger partial charge in [0.15, 0.2) is 0 Å². The Hall–Kier alpha value is -1.10. The monoisotopic (exact) mass is 386 g/mol. The molecule has 2 aromatic carbocycles. The summed E-state index contributed by atoms with van der Waals surface area (Å²) < 4.78 is 16.4. The molecule has 3 aromatic rings. The molecule has 1 aromatic heterocycles. The number of hydrogen-bond acceptors (Lipinski definition) is 1. The zero-order valence-electron chi connectivity index (χ0n) is 10.8. The first-order chi connectivity index (χ1) is 10.1. The molecule has 1 heterocycles. The van der Waals surface area contributed by atoms with E-state index in [0.29, 0.717) is 23.0 Å². The van der Waals surface area contributed by atoms with E-state index in [2.05, 4.69) is 20.9 Å². The fourth-order valence-electron chi connectivity index (χ4n) is 2.28. The van der Waals surface area contributed by atoms with E-state index in [9.17, 15) is 4.39 Å². The summed E-state index contributed by atoms with van der Waals surface area (Å²) in [5.41, 5.74) is 2.25. The van der Waals surface area contributed by atoms with Gasteiger partial charge < -0.3 is 0 Å².